The average Bonchev–Trinajstić information content (AvgIpc) is 2.98. The normalized spacial score (nSPS) is 13.4. The third-order valence-electron chi connectivity index (χ3n) is 3.05. The number of amides is 1. The second-order valence-corrected chi connectivity index (χ2v) is 4.87. The minimum Gasteiger partial charge on any atom is -0.479 e. The van der Waals surface area contributed by atoms with Gasteiger partial charge in [-0.05, 0) is 19.1 Å². The van der Waals surface area contributed by atoms with Gasteiger partial charge >= 0.3 is 5.97 Å². The van der Waals surface area contributed by atoms with Crippen molar-refractivity contribution in [3.8, 4) is 0 Å². The predicted molar refractivity (Wildman–Crippen MR) is 76.9 cm³/mol. The van der Waals surface area contributed by atoms with E-state index in [-0.39, 0.29) is 5.02 Å². The number of carboxylic acid groups (broad SMARTS) is 1. The zero-order valence-corrected chi connectivity index (χ0v) is 12.0. The molecule has 2 atom stereocenters. The van der Waals surface area contributed by atoms with Crippen molar-refractivity contribution in [2.75, 3.05) is 0 Å². The van der Waals surface area contributed by atoms with Gasteiger partial charge in [-0.2, -0.15) is 5.10 Å². The summed E-state index contributed by atoms with van der Waals surface area (Å²) in [7, 11) is 0. The number of rotatable bonds is 5. The number of carbonyl (C=O) groups is 2. The molecule has 21 heavy (non-hydrogen) atoms. The van der Waals surface area contributed by atoms with Gasteiger partial charge in [0.2, 0.25) is 5.91 Å². The summed E-state index contributed by atoms with van der Waals surface area (Å²) in [5.41, 5.74) is 0.340. The molecule has 0 spiro atoms. The van der Waals surface area contributed by atoms with Crippen molar-refractivity contribution < 1.29 is 14.7 Å². The van der Waals surface area contributed by atoms with Gasteiger partial charge in [0.15, 0.2) is 6.04 Å². The van der Waals surface area contributed by atoms with Crippen molar-refractivity contribution >= 4 is 23.5 Å². The quantitative estimate of drug-likeness (QED) is 0.885. The van der Waals surface area contributed by atoms with E-state index in [4.69, 9.17) is 11.6 Å². The smallest absolute Gasteiger partial charge is 0.330 e. The van der Waals surface area contributed by atoms with Gasteiger partial charge in [0.25, 0.3) is 0 Å². The highest BCUT2D eigenvalue weighted by atomic mass is 35.5. The topological polar surface area (TPSA) is 84.2 Å². The summed E-state index contributed by atoms with van der Waals surface area (Å²) >= 11 is 5.99. The number of carboxylic acids is 1. The van der Waals surface area contributed by atoms with Crippen LogP contribution in [0.1, 0.15) is 24.6 Å². The van der Waals surface area contributed by atoms with Crippen LogP contribution in [0.15, 0.2) is 42.7 Å². The van der Waals surface area contributed by atoms with E-state index in [2.05, 4.69) is 10.4 Å². The first kappa shape index (κ1) is 15.1. The molecule has 0 saturated heterocycles. The molecule has 1 unspecified atom stereocenters. The third kappa shape index (κ3) is 3.41. The van der Waals surface area contributed by atoms with Crippen LogP contribution in [0.4, 0.5) is 0 Å². The molecule has 1 aromatic carbocycles. The molecule has 110 valence electrons. The maximum Gasteiger partial charge on any atom is 0.330 e. The van der Waals surface area contributed by atoms with Crippen molar-refractivity contribution in [1.82, 2.24) is 15.1 Å². The molecule has 1 heterocycles. The van der Waals surface area contributed by atoms with Crippen molar-refractivity contribution in [3.05, 3.63) is 53.3 Å². The lowest BCUT2D eigenvalue weighted by molar-refractivity contribution is -0.142. The van der Waals surface area contributed by atoms with Gasteiger partial charge in [-0.3, -0.25) is 9.48 Å². The van der Waals surface area contributed by atoms with Gasteiger partial charge in [-0.25, -0.2) is 4.79 Å². The van der Waals surface area contributed by atoms with E-state index in [1.54, 1.807) is 49.6 Å². The van der Waals surface area contributed by atoms with Crippen LogP contribution in [0.5, 0.6) is 0 Å². The Kier molecular flexibility index (Phi) is 4.59. The summed E-state index contributed by atoms with van der Waals surface area (Å²) in [6.45, 7) is 1.63. The second-order valence-electron chi connectivity index (χ2n) is 4.46. The minimum absolute atomic E-state index is 0.289. The Hall–Kier alpha value is -2.34. The van der Waals surface area contributed by atoms with Crippen LogP contribution in [0, 0.1) is 0 Å². The fourth-order valence-corrected chi connectivity index (χ4v) is 2.12. The molecular formula is C14H14ClN3O3. The van der Waals surface area contributed by atoms with Crippen LogP contribution in [-0.2, 0) is 9.59 Å². The maximum absolute atomic E-state index is 12.2. The largest absolute Gasteiger partial charge is 0.479 e. The Morgan fingerprint density at radius 1 is 1.33 bits per heavy atom. The van der Waals surface area contributed by atoms with Crippen molar-refractivity contribution in [2.24, 2.45) is 0 Å². The molecule has 2 rings (SSSR count). The molecule has 2 aromatic rings. The van der Waals surface area contributed by atoms with Gasteiger partial charge < -0.3 is 10.4 Å². The monoisotopic (exact) mass is 307 g/mol. The first-order valence-electron chi connectivity index (χ1n) is 6.27. The molecule has 0 fully saturated rings. The molecule has 0 radical (unpaired) electrons. The van der Waals surface area contributed by atoms with Crippen molar-refractivity contribution in [1.29, 1.82) is 0 Å². The number of hydrogen-bond acceptors (Lipinski definition) is 3. The maximum atomic E-state index is 12.2. The fourth-order valence-electron chi connectivity index (χ4n) is 1.87. The molecule has 6 nitrogen and oxygen atoms in total. The molecule has 0 aliphatic carbocycles. The van der Waals surface area contributed by atoms with E-state index in [1.165, 1.54) is 4.68 Å². The summed E-state index contributed by atoms with van der Waals surface area (Å²) in [4.78, 5) is 23.6. The number of carbonyl (C=O) groups excluding carboxylic acids is 1. The van der Waals surface area contributed by atoms with E-state index < -0.39 is 24.0 Å². The Balaban J connectivity index is 2.19. The average molecular weight is 308 g/mol. The lowest BCUT2D eigenvalue weighted by Gasteiger charge is -2.19. The molecule has 2 N–H and O–H groups in total. The first-order valence-corrected chi connectivity index (χ1v) is 6.65. The molecular weight excluding hydrogens is 294 g/mol. The van der Waals surface area contributed by atoms with Gasteiger partial charge in [0, 0.05) is 23.0 Å². The summed E-state index contributed by atoms with van der Waals surface area (Å²) in [6.07, 6.45) is 3.18. The van der Waals surface area contributed by atoms with Crippen LogP contribution < -0.4 is 5.32 Å². The van der Waals surface area contributed by atoms with Crippen LogP contribution in [0.2, 0.25) is 5.02 Å². The highest BCUT2D eigenvalue weighted by molar-refractivity contribution is 6.31. The number of hydrogen-bond donors (Lipinski definition) is 2. The number of nitrogens with zero attached hydrogens (tertiary/aromatic N) is 2. The molecule has 1 amide bonds. The lowest BCUT2D eigenvalue weighted by Crippen LogP contribution is -2.38. The highest BCUT2D eigenvalue weighted by Crippen LogP contribution is 2.23. The second kappa shape index (κ2) is 6.41. The van der Waals surface area contributed by atoms with E-state index >= 15 is 0 Å². The van der Waals surface area contributed by atoms with E-state index in [0.717, 1.165) is 0 Å². The van der Waals surface area contributed by atoms with Crippen molar-refractivity contribution in [3.63, 3.8) is 0 Å². The number of benzene rings is 1. The molecule has 0 saturated carbocycles. The van der Waals surface area contributed by atoms with Gasteiger partial charge in [0.05, 0.1) is 0 Å². The third-order valence-corrected chi connectivity index (χ3v) is 3.40. The highest BCUT2D eigenvalue weighted by Gasteiger charge is 2.26. The van der Waals surface area contributed by atoms with Gasteiger partial charge in [-0.15, -0.1) is 0 Å². The number of nitrogens with one attached hydrogen (secondary N) is 1. The molecule has 7 heteroatoms. The summed E-state index contributed by atoms with van der Waals surface area (Å²) in [5, 5.41) is 16.0. The van der Waals surface area contributed by atoms with Crippen LogP contribution >= 0.6 is 11.6 Å². The Bertz CT molecular complexity index is 643. The van der Waals surface area contributed by atoms with Gasteiger partial charge in [-0.1, -0.05) is 29.8 Å². The Morgan fingerprint density at radius 3 is 2.62 bits per heavy atom. The van der Waals surface area contributed by atoms with Crippen LogP contribution in [-0.4, -0.2) is 26.8 Å². The van der Waals surface area contributed by atoms with E-state index in [9.17, 15) is 14.7 Å². The zero-order valence-electron chi connectivity index (χ0n) is 11.2. The molecule has 0 bridgehead atoms. The summed E-state index contributed by atoms with van der Waals surface area (Å²) < 4.78 is 1.45. The molecule has 0 aliphatic heterocycles. The fraction of sp³-hybridized carbons (Fsp3) is 0.214. The number of halogens is 1. The minimum atomic E-state index is -1.20. The predicted octanol–water partition coefficient (Wildman–Crippen LogP) is 2.04. The number of aliphatic carboxylic acids is 1. The first-order chi connectivity index (χ1) is 10.0. The Labute approximate surface area is 126 Å². The summed E-state index contributed by atoms with van der Waals surface area (Å²) in [5.74, 6) is -1.63. The summed E-state index contributed by atoms with van der Waals surface area (Å²) in [6, 6.07) is 6.37. The van der Waals surface area contributed by atoms with E-state index in [1.807, 2.05) is 0 Å². The lowest BCUT2D eigenvalue weighted by atomic mass is 10.1. The zero-order chi connectivity index (χ0) is 15.4. The number of aromatic nitrogens is 2. The van der Waals surface area contributed by atoms with Crippen LogP contribution in [0.25, 0.3) is 0 Å². The molecule has 1 aromatic heterocycles. The van der Waals surface area contributed by atoms with Crippen molar-refractivity contribution in [2.45, 2.75) is 19.0 Å². The van der Waals surface area contributed by atoms with Crippen LogP contribution in [0.3, 0.4) is 0 Å². The SMILES string of the molecule is CC(C(=O)N[C@@H](C(=O)O)c1ccccc1Cl)n1cccn1. The standard InChI is InChI=1S/C14H14ClN3O3/c1-9(18-8-4-7-16-18)13(19)17-12(14(20)21)10-5-2-3-6-11(10)15/h2-9,12H,1H3,(H,17,19)(H,20,21)/t9?,12-/m1/s1. The molecule has 0 aliphatic rings. The van der Waals surface area contributed by atoms with E-state index in [0.29, 0.717) is 5.56 Å². The van der Waals surface area contributed by atoms with Gasteiger partial charge in [0.1, 0.15) is 6.04 Å². The Morgan fingerprint density at radius 2 is 2.05 bits per heavy atom.